The smallest absolute Gasteiger partial charge is 0.161 e. The molecule has 0 saturated heterocycles. The highest BCUT2D eigenvalue weighted by molar-refractivity contribution is 5.85. The van der Waals surface area contributed by atoms with Gasteiger partial charge in [0.05, 0.1) is 21.3 Å². The fourth-order valence-corrected chi connectivity index (χ4v) is 4.11. The Labute approximate surface area is 184 Å². The van der Waals surface area contributed by atoms with Gasteiger partial charge in [0.2, 0.25) is 0 Å². The number of fused-ring (bicyclic) bond motifs is 1. The van der Waals surface area contributed by atoms with Crippen molar-refractivity contribution < 1.29 is 14.2 Å². The van der Waals surface area contributed by atoms with Gasteiger partial charge in [0, 0.05) is 19.6 Å². The van der Waals surface area contributed by atoms with E-state index in [0.29, 0.717) is 0 Å². The van der Waals surface area contributed by atoms with E-state index in [4.69, 9.17) is 14.2 Å². The van der Waals surface area contributed by atoms with E-state index in [-0.39, 0.29) is 0 Å². The number of hydrogen-bond acceptors (Lipinski definition) is 4. The Kier molecular flexibility index (Phi) is 6.58. The Morgan fingerprint density at radius 2 is 1.55 bits per heavy atom. The van der Waals surface area contributed by atoms with Crippen LogP contribution in [0.3, 0.4) is 0 Å². The third-order valence-electron chi connectivity index (χ3n) is 5.75. The summed E-state index contributed by atoms with van der Waals surface area (Å²) in [6.07, 6.45) is 3.25. The second kappa shape index (κ2) is 9.71. The highest BCUT2D eigenvalue weighted by atomic mass is 16.5. The lowest BCUT2D eigenvalue weighted by Crippen LogP contribution is -2.25. The summed E-state index contributed by atoms with van der Waals surface area (Å²) >= 11 is 0. The average Bonchev–Trinajstić information content (AvgIpc) is 2.98. The van der Waals surface area contributed by atoms with Gasteiger partial charge in [0.25, 0.3) is 0 Å². The molecule has 0 N–H and O–H groups in total. The van der Waals surface area contributed by atoms with Crippen molar-refractivity contribution in [2.75, 3.05) is 34.4 Å². The third-order valence-corrected chi connectivity index (χ3v) is 5.75. The predicted molar refractivity (Wildman–Crippen MR) is 126 cm³/mol. The van der Waals surface area contributed by atoms with Gasteiger partial charge in [-0.2, -0.15) is 0 Å². The highest BCUT2D eigenvalue weighted by Crippen LogP contribution is 2.36. The molecule has 1 aliphatic heterocycles. The van der Waals surface area contributed by atoms with E-state index in [9.17, 15) is 0 Å². The zero-order valence-corrected chi connectivity index (χ0v) is 18.4. The molecule has 3 aromatic carbocycles. The molecule has 0 atom stereocenters. The van der Waals surface area contributed by atoms with Crippen molar-refractivity contribution in [2.45, 2.75) is 13.0 Å². The monoisotopic (exact) mass is 415 g/mol. The average molecular weight is 416 g/mol. The summed E-state index contributed by atoms with van der Waals surface area (Å²) in [6.45, 7) is 2.72. The van der Waals surface area contributed by atoms with Gasteiger partial charge in [-0.25, -0.2) is 0 Å². The van der Waals surface area contributed by atoms with E-state index >= 15 is 0 Å². The fraction of sp³-hybridized carbons (Fsp3) is 0.259. The van der Waals surface area contributed by atoms with Crippen LogP contribution in [0.4, 0.5) is 0 Å². The molecule has 1 heterocycles. The van der Waals surface area contributed by atoms with Crippen molar-refractivity contribution in [3.8, 4) is 17.2 Å². The molecule has 0 unspecified atom stereocenters. The van der Waals surface area contributed by atoms with Crippen molar-refractivity contribution in [2.24, 2.45) is 0 Å². The van der Waals surface area contributed by atoms with Gasteiger partial charge in [-0.1, -0.05) is 42.5 Å². The number of ether oxygens (including phenoxy) is 3. The first-order valence-electron chi connectivity index (χ1n) is 10.6. The molecule has 0 spiro atoms. The molecule has 0 saturated carbocycles. The summed E-state index contributed by atoms with van der Waals surface area (Å²) in [5, 5.41) is 0. The van der Waals surface area contributed by atoms with Crippen LogP contribution in [-0.2, 0) is 13.0 Å². The molecule has 4 nitrogen and oxygen atoms in total. The molecule has 0 radical (unpaired) electrons. The summed E-state index contributed by atoms with van der Waals surface area (Å²) in [4.78, 5) is 2.50. The van der Waals surface area contributed by atoms with Crippen molar-refractivity contribution in [1.82, 2.24) is 4.90 Å². The fourth-order valence-electron chi connectivity index (χ4n) is 4.11. The zero-order chi connectivity index (χ0) is 21.6. The minimum absolute atomic E-state index is 0.767. The second-order valence-electron chi connectivity index (χ2n) is 7.75. The lowest BCUT2D eigenvalue weighted by Gasteiger charge is -2.21. The number of rotatable bonds is 6. The van der Waals surface area contributed by atoms with Gasteiger partial charge < -0.3 is 14.2 Å². The van der Waals surface area contributed by atoms with Crippen molar-refractivity contribution in [3.63, 3.8) is 0 Å². The first kappa shape index (κ1) is 21.0. The summed E-state index contributed by atoms with van der Waals surface area (Å²) in [5.74, 6) is 2.43. The van der Waals surface area contributed by atoms with E-state index < -0.39 is 0 Å². The quantitative estimate of drug-likeness (QED) is 0.546. The Hall–Kier alpha value is -3.24. The Morgan fingerprint density at radius 1 is 0.839 bits per heavy atom. The van der Waals surface area contributed by atoms with Gasteiger partial charge in [0.15, 0.2) is 11.5 Å². The van der Waals surface area contributed by atoms with Crippen LogP contribution in [0.1, 0.15) is 22.3 Å². The molecule has 0 fully saturated rings. The standard InChI is InChI=1S/C27H29NO3/c1-29-24-11-9-21(10-12-24)18-28-14-13-22-16-26(30-2)27(31-3)17-25(22)23(19-28)15-20-7-5-4-6-8-20/h4-12,15-17H,13-14,18-19H2,1-3H3/b23-15+. The molecular weight excluding hydrogens is 386 g/mol. The minimum Gasteiger partial charge on any atom is -0.497 e. The third kappa shape index (κ3) is 4.92. The molecular formula is C27H29NO3. The number of methoxy groups -OCH3 is 3. The topological polar surface area (TPSA) is 30.9 Å². The predicted octanol–water partition coefficient (Wildman–Crippen LogP) is 5.31. The molecule has 31 heavy (non-hydrogen) atoms. The van der Waals surface area contributed by atoms with Crippen LogP contribution in [-0.4, -0.2) is 39.3 Å². The van der Waals surface area contributed by atoms with Crippen molar-refractivity contribution in [3.05, 3.63) is 89.0 Å². The first-order valence-corrected chi connectivity index (χ1v) is 10.6. The molecule has 4 heteroatoms. The summed E-state index contributed by atoms with van der Waals surface area (Å²) in [6, 6.07) is 23.1. The van der Waals surface area contributed by atoms with Crippen molar-refractivity contribution >= 4 is 11.6 Å². The van der Waals surface area contributed by atoms with Crippen molar-refractivity contribution in [1.29, 1.82) is 0 Å². The maximum atomic E-state index is 5.61. The number of hydrogen-bond donors (Lipinski definition) is 0. The van der Waals surface area contributed by atoms with Crippen LogP contribution in [0, 0.1) is 0 Å². The van der Waals surface area contributed by atoms with E-state index in [0.717, 1.165) is 43.3 Å². The van der Waals surface area contributed by atoms with E-state index in [1.165, 1.54) is 27.8 Å². The lowest BCUT2D eigenvalue weighted by atomic mass is 9.96. The number of benzene rings is 3. The largest absolute Gasteiger partial charge is 0.497 e. The molecule has 0 aromatic heterocycles. The Bertz CT molecular complexity index is 1040. The first-order chi connectivity index (χ1) is 15.2. The maximum Gasteiger partial charge on any atom is 0.161 e. The highest BCUT2D eigenvalue weighted by Gasteiger charge is 2.21. The van der Waals surface area contributed by atoms with Gasteiger partial charge in [-0.3, -0.25) is 4.90 Å². The maximum absolute atomic E-state index is 5.61. The van der Waals surface area contributed by atoms with Crippen LogP contribution in [0.25, 0.3) is 11.6 Å². The molecule has 0 aliphatic carbocycles. The van der Waals surface area contributed by atoms with Gasteiger partial charge in [-0.05, 0) is 64.6 Å². The van der Waals surface area contributed by atoms with Crippen LogP contribution >= 0.6 is 0 Å². The van der Waals surface area contributed by atoms with Crippen LogP contribution in [0.5, 0.6) is 17.2 Å². The normalized spacial score (nSPS) is 15.3. The zero-order valence-electron chi connectivity index (χ0n) is 18.4. The number of nitrogens with zero attached hydrogens (tertiary/aromatic N) is 1. The summed E-state index contributed by atoms with van der Waals surface area (Å²) in [7, 11) is 5.08. The Morgan fingerprint density at radius 3 is 2.23 bits per heavy atom. The van der Waals surface area contributed by atoms with Crippen LogP contribution in [0.2, 0.25) is 0 Å². The molecule has 4 rings (SSSR count). The summed E-state index contributed by atoms with van der Waals surface area (Å²) in [5.41, 5.74) is 6.29. The second-order valence-corrected chi connectivity index (χ2v) is 7.75. The van der Waals surface area contributed by atoms with Gasteiger partial charge in [-0.15, -0.1) is 0 Å². The SMILES string of the molecule is COc1ccc(CN2CCc3cc(OC)c(OC)cc3/C(=C/c3ccccc3)C2)cc1. The van der Waals surface area contributed by atoms with Crippen LogP contribution in [0.15, 0.2) is 66.7 Å². The van der Waals surface area contributed by atoms with E-state index in [2.05, 4.69) is 59.5 Å². The van der Waals surface area contributed by atoms with Crippen LogP contribution < -0.4 is 14.2 Å². The molecule has 0 amide bonds. The summed E-state index contributed by atoms with van der Waals surface area (Å²) < 4.78 is 16.5. The molecule has 0 bridgehead atoms. The minimum atomic E-state index is 0.767. The molecule has 160 valence electrons. The van der Waals surface area contributed by atoms with E-state index in [1.807, 2.05) is 18.2 Å². The van der Waals surface area contributed by atoms with Gasteiger partial charge in [0.1, 0.15) is 5.75 Å². The van der Waals surface area contributed by atoms with E-state index in [1.54, 1.807) is 21.3 Å². The Balaban J connectivity index is 1.70. The molecule has 1 aliphatic rings. The molecule has 3 aromatic rings. The lowest BCUT2D eigenvalue weighted by molar-refractivity contribution is 0.306. The van der Waals surface area contributed by atoms with Gasteiger partial charge >= 0.3 is 0 Å².